The minimum absolute atomic E-state index is 0.0301. The van der Waals surface area contributed by atoms with Crippen LogP contribution in [0.2, 0.25) is 0 Å². The van der Waals surface area contributed by atoms with Crippen molar-refractivity contribution in [2.24, 2.45) is 17.3 Å². The van der Waals surface area contributed by atoms with Crippen molar-refractivity contribution >= 4 is 40.5 Å². The van der Waals surface area contributed by atoms with Gasteiger partial charge < -0.3 is 34.6 Å². The van der Waals surface area contributed by atoms with E-state index in [2.05, 4.69) is 38.6 Å². The molecule has 0 unspecified atom stereocenters. The molecule has 16 heteroatoms. The smallest absolute Gasteiger partial charge is 0.324 e. The number of amides is 4. The highest BCUT2D eigenvalue weighted by atomic mass is 16.5. The minimum atomic E-state index is -1.19. The normalized spacial score (nSPS) is 22.7. The number of hydrogen-bond donors (Lipinski definition) is 5. The van der Waals surface area contributed by atoms with Gasteiger partial charge in [-0.25, -0.2) is 5.43 Å². The Hall–Kier alpha value is -5.84. The van der Waals surface area contributed by atoms with E-state index in [0.29, 0.717) is 48.5 Å². The lowest BCUT2D eigenvalue weighted by Crippen LogP contribution is -2.62. The van der Waals surface area contributed by atoms with Crippen molar-refractivity contribution in [3.63, 3.8) is 0 Å². The quantitative estimate of drug-likeness (QED) is 0.105. The number of fused-ring (bicyclic) bond motifs is 6. The molecule has 358 valence electrons. The van der Waals surface area contributed by atoms with E-state index in [1.54, 1.807) is 32.3 Å². The number of phenolic OH excluding ortho intramolecular Hbond substituents is 1. The zero-order valence-electron chi connectivity index (χ0n) is 40.0. The molecular weight excluding hydrogens is 853 g/mol. The van der Waals surface area contributed by atoms with E-state index in [9.17, 15) is 34.2 Å². The standard InChI is InChI=1S/C51H66N8O8/c1-9-58-40-17-16-32-24-36(40)37(46(58)35-12-10-18-52-42(35)29(4)60)25-51(5,6)27-67-50(66)38-13-11-19-59(55-38)48(64)39(22-30-20-33(32)23-34(61)21-30)53-47(63)45(28(2)3)57(8)41(62)26-56(7)49(65)44-43(54-44)31-14-15-31/h10,12,16-18,20-21,23-24,28-29,31,38-39,43-45,54-55,60-61H,9,11,13-15,19,22,25-27H2,1-8H3,(H,53,63)/t29-,38-,39-,43+,44-,45-/m0/s1. The van der Waals surface area contributed by atoms with Crippen LogP contribution in [0, 0.1) is 17.3 Å². The van der Waals surface area contributed by atoms with Crippen LogP contribution in [0.3, 0.4) is 0 Å². The molecular formula is C51H66N8O8. The lowest BCUT2D eigenvalue weighted by Gasteiger charge is -2.37. The van der Waals surface area contributed by atoms with Gasteiger partial charge in [0.2, 0.25) is 17.7 Å². The number of carbonyl (C=O) groups is 5. The zero-order chi connectivity index (χ0) is 48.1. The molecule has 0 radical (unpaired) electrons. The second kappa shape index (κ2) is 19.0. The molecule has 2 saturated heterocycles. The summed E-state index contributed by atoms with van der Waals surface area (Å²) in [6.45, 7) is 12.2. The number of pyridine rings is 1. The van der Waals surface area contributed by atoms with Crippen molar-refractivity contribution in [1.29, 1.82) is 0 Å². The van der Waals surface area contributed by atoms with Crippen LogP contribution in [0.15, 0.2) is 54.7 Å². The fraction of sp³-hybridized carbons (Fsp3) is 0.529. The van der Waals surface area contributed by atoms with Gasteiger partial charge >= 0.3 is 5.97 Å². The van der Waals surface area contributed by atoms with Crippen LogP contribution in [0.1, 0.15) is 90.2 Å². The molecule has 1 saturated carbocycles. The average Bonchev–Trinajstić information content (AvgIpc) is 4.24. The van der Waals surface area contributed by atoms with Gasteiger partial charge in [-0.15, -0.1) is 0 Å². The number of esters is 1. The van der Waals surface area contributed by atoms with Gasteiger partial charge in [-0.1, -0.05) is 39.8 Å². The third-order valence-corrected chi connectivity index (χ3v) is 13.8. The molecule has 5 N–H and O–H groups in total. The van der Waals surface area contributed by atoms with Gasteiger partial charge in [-0.3, -0.25) is 39.3 Å². The SMILES string of the molecule is CCn1c(-c2cccnc2[C@H](C)O)c2c3cc(ccc31)-c1cc(O)cc(c1)C[C@H](NC(=O)[C@H](C(C)C)N(C)C(=O)CN(C)C(=O)[C@H]1N[C@@H]1C1CC1)C(=O)N1CCC[C@H](N1)C(=O)OCC(C)(C)C2. The summed E-state index contributed by atoms with van der Waals surface area (Å²) in [6, 6.07) is 11.9. The summed E-state index contributed by atoms with van der Waals surface area (Å²) >= 11 is 0. The second-order valence-electron chi connectivity index (χ2n) is 20.2. The number of aromatic nitrogens is 2. The first-order valence-corrected chi connectivity index (χ1v) is 23.8. The second-order valence-corrected chi connectivity index (χ2v) is 20.2. The highest BCUT2D eigenvalue weighted by molar-refractivity contribution is 5.96. The Morgan fingerprint density at radius 2 is 1.79 bits per heavy atom. The number of aromatic hydroxyl groups is 1. The molecule has 4 amide bonds. The molecule has 1 aliphatic carbocycles. The number of hydrogen-bond acceptors (Lipinski definition) is 11. The minimum Gasteiger partial charge on any atom is -0.508 e. The van der Waals surface area contributed by atoms with E-state index in [1.165, 1.54) is 21.9 Å². The Kier molecular flexibility index (Phi) is 13.5. The van der Waals surface area contributed by atoms with Gasteiger partial charge in [0, 0.05) is 67.7 Å². The van der Waals surface area contributed by atoms with Crippen molar-refractivity contribution in [2.45, 2.75) is 123 Å². The highest BCUT2D eigenvalue weighted by Crippen LogP contribution is 2.42. The summed E-state index contributed by atoms with van der Waals surface area (Å²) in [5.41, 5.74) is 8.80. The molecule has 4 aliphatic rings. The van der Waals surface area contributed by atoms with Gasteiger partial charge in [0.05, 0.1) is 30.6 Å². The molecule has 2 aromatic heterocycles. The Balaban J connectivity index is 1.15. The first kappa shape index (κ1) is 47.6. The molecule has 8 rings (SSSR count). The first-order valence-electron chi connectivity index (χ1n) is 23.8. The molecule has 3 fully saturated rings. The maximum atomic E-state index is 14.7. The number of rotatable bonds is 11. The van der Waals surface area contributed by atoms with Gasteiger partial charge in [0.25, 0.3) is 5.91 Å². The van der Waals surface area contributed by atoms with E-state index < -0.39 is 53.3 Å². The topological polar surface area (TPSA) is 209 Å². The van der Waals surface area contributed by atoms with Crippen LogP contribution in [-0.4, -0.2) is 128 Å². The van der Waals surface area contributed by atoms with E-state index in [-0.39, 0.29) is 55.8 Å². The number of nitrogens with one attached hydrogen (secondary N) is 3. The first-order chi connectivity index (χ1) is 31.8. The molecule has 5 heterocycles. The molecule has 16 nitrogen and oxygen atoms in total. The predicted molar refractivity (Wildman–Crippen MR) is 253 cm³/mol. The summed E-state index contributed by atoms with van der Waals surface area (Å²) in [5, 5.41) is 30.8. The molecule has 6 bridgehead atoms. The van der Waals surface area contributed by atoms with E-state index in [4.69, 9.17) is 4.74 Å². The number of hydrazine groups is 1. The van der Waals surface area contributed by atoms with Crippen LogP contribution < -0.4 is 16.1 Å². The number of phenols is 1. The van der Waals surface area contributed by atoms with Crippen LogP contribution in [0.4, 0.5) is 0 Å². The van der Waals surface area contributed by atoms with Crippen LogP contribution in [0.25, 0.3) is 33.3 Å². The highest BCUT2D eigenvalue weighted by Gasteiger charge is 2.52. The number of carbonyl (C=O) groups excluding carboxylic acids is 5. The number of nitrogens with zero attached hydrogens (tertiary/aromatic N) is 5. The molecule has 4 aromatic rings. The maximum Gasteiger partial charge on any atom is 0.324 e. The van der Waals surface area contributed by atoms with Gasteiger partial charge in [0.15, 0.2) is 0 Å². The van der Waals surface area contributed by atoms with Crippen molar-refractivity contribution in [3.8, 4) is 28.1 Å². The molecule has 2 aromatic carbocycles. The van der Waals surface area contributed by atoms with Crippen molar-refractivity contribution in [3.05, 3.63) is 71.5 Å². The zero-order valence-corrected chi connectivity index (χ0v) is 40.0. The fourth-order valence-electron chi connectivity index (χ4n) is 10.2. The van der Waals surface area contributed by atoms with Crippen molar-refractivity contribution in [2.75, 3.05) is 33.8 Å². The Labute approximate surface area is 392 Å². The average molecular weight is 919 g/mol. The third kappa shape index (κ3) is 10.1. The van der Waals surface area contributed by atoms with Gasteiger partial charge in [0.1, 0.15) is 29.9 Å². The Morgan fingerprint density at radius 3 is 2.49 bits per heavy atom. The summed E-state index contributed by atoms with van der Waals surface area (Å²) in [5.74, 6) is -2.03. The molecule has 0 spiro atoms. The van der Waals surface area contributed by atoms with Gasteiger partial charge in [-0.2, -0.15) is 0 Å². The van der Waals surface area contributed by atoms with Gasteiger partial charge in [-0.05, 0) is 116 Å². The van der Waals surface area contributed by atoms with E-state index in [1.807, 2.05) is 58.0 Å². The monoisotopic (exact) mass is 919 g/mol. The third-order valence-electron chi connectivity index (χ3n) is 13.8. The Bertz CT molecular complexity index is 2570. The number of aliphatic hydroxyl groups is 1. The van der Waals surface area contributed by atoms with Crippen LogP contribution in [0.5, 0.6) is 5.75 Å². The van der Waals surface area contributed by atoms with Crippen LogP contribution >= 0.6 is 0 Å². The maximum absolute atomic E-state index is 14.7. The van der Waals surface area contributed by atoms with E-state index >= 15 is 0 Å². The predicted octanol–water partition coefficient (Wildman–Crippen LogP) is 4.49. The number of aliphatic hydroxyl groups excluding tert-OH is 1. The molecule has 67 heavy (non-hydrogen) atoms. The number of benzene rings is 2. The summed E-state index contributed by atoms with van der Waals surface area (Å²) in [4.78, 5) is 77.4. The fourth-order valence-corrected chi connectivity index (χ4v) is 10.2. The molecule has 6 atom stereocenters. The van der Waals surface area contributed by atoms with Crippen molar-refractivity contribution < 1.29 is 38.9 Å². The van der Waals surface area contributed by atoms with E-state index in [0.717, 1.165) is 46.1 Å². The summed E-state index contributed by atoms with van der Waals surface area (Å²) in [7, 11) is 3.13. The summed E-state index contributed by atoms with van der Waals surface area (Å²) < 4.78 is 8.30. The lowest BCUT2D eigenvalue weighted by molar-refractivity contribution is -0.155. The number of cyclic esters (lactones) is 1. The number of likely N-dealkylation sites (N-methyl/N-ethyl adjacent to an activating group) is 2. The lowest BCUT2D eigenvalue weighted by atomic mass is 9.84. The van der Waals surface area contributed by atoms with Crippen LogP contribution in [-0.2, 0) is 48.1 Å². The molecule has 3 aliphatic heterocycles. The van der Waals surface area contributed by atoms with Crippen molar-refractivity contribution in [1.82, 2.24) is 40.4 Å². The largest absolute Gasteiger partial charge is 0.508 e. The Morgan fingerprint density at radius 1 is 1.03 bits per heavy atom. The summed E-state index contributed by atoms with van der Waals surface area (Å²) in [6.07, 6.45) is 4.42. The number of ether oxygens (including phenoxy) is 1. The number of aryl methyl sites for hydroxylation is 1.